The summed E-state index contributed by atoms with van der Waals surface area (Å²) >= 11 is 1.46. The molecule has 16 heavy (non-hydrogen) atoms. The van der Waals surface area contributed by atoms with Gasteiger partial charge in [0.25, 0.3) is 0 Å². The van der Waals surface area contributed by atoms with Gasteiger partial charge < -0.3 is 5.73 Å². The molecule has 0 amide bonds. The molecule has 0 radical (unpaired) electrons. The third kappa shape index (κ3) is 4.17. The van der Waals surface area contributed by atoms with Crippen molar-refractivity contribution in [2.75, 3.05) is 12.3 Å². The molecule has 0 aliphatic rings. The van der Waals surface area contributed by atoms with Crippen LogP contribution in [0.3, 0.4) is 0 Å². The monoisotopic (exact) mass is 263 g/mol. The highest BCUT2D eigenvalue weighted by Gasteiger charge is 2.19. The Morgan fingerprint density at radius 3 is 2.88 bits per heavy atom. The predicted molar refractivity (Wildman–Crippen MR) is 65.7 cm³/mol. The Balaban J connectivity index is 2.63. The lowest BCUT2D eigenvalue weighted by atomic mass is 10.3. The highest BCUT2D eigenvalue weighted by Crippen LogP contribution is 2.19. The van der Waals surface area contributed by atoms with E-state index in [1.165, 1.54) is 11.3 Å². The Bertz CT molecular complexity index is 389. The molecule has 0 aliphatic carbocycles. The zero-order chi connectivity index (χ0) is 12.0. The van der Waals surface area contributed by atoms with E-state index in [0.29, 0.717) is 19.4 Å². The molecule has 1 atom stereocenters. The molecule has 3 N–H and O–H groups in total. The van der Waals surface area contributed by atoms with E-state index >= 15 is 0 Å². The normalized spacial score (nSPS) is 13.9. The Hall–Kier alpha value is -0.500. The van der Waals surface area contributed by atoms with E-state index in [1.807, 2.05) is 12.3 Å². The molecule has 1 aromatic heterocycles. The lowest BCUT2D eigenvalue weighted by Crippen LogP contribution is -2.31. The van der Waals surface area contributed by atoms with Crippen LogP contribution in [0.2, 0.25) is 0 Å². The number of nitrogens with two attached hydrogens (primary N) is 1. The summed E-state index contributed by atoms with van der Waals surface area (Å²) in [5, 5.41) is 2.64. The third-order valence-electron chi connectivity index (χ3n) is 2.10. The Labute approximate surface area is 100 Å². The summed E-state index contributed by atoms with van der Waals surface area (Å²) in [5.74, 6) is 0.0748. The van der Waals surface area contributed by atoms with Crippen LogP contribution >= 0.6 is 11.3 Å². The summed E-state index contributed by atoms with van der Waals surface area (Å²) in [6, 6.07) is -0.220. The van der Waals surface area contributed by atoms with Gasteiger partial charge in [0.05, 0.1) is 11.8 Å². The van der Waals surface area contributed by atoms with Crippen LogP contribution in [0.25, 0.3) is 0 Å². The minimum Gasteiger partial charge on any atom is -0.330 e. The van der Waals surface area contributed by atoms with Gasteiger partial charge in [-0.15, -0.1) is 11.3 Å². The average molecular weight is 263 g/mol. The number of aromatic nitrogens is 1. The van der Waals surface area contributed by atoms with Gasteiger partial charge in [0.2, 0.25) is 10.0 Å². The fraction of sp³-hybridized carbons (Fsp3) is 0.667. The van der Waals surface area contributed by atoms with Gasteiger partial charge in [-0.1, -0.05) is 6.92 Å². The fourth-order valence-electron chi connectivity index (χ4n) is 1.26. The summed E-state index contributed by atoms with van der Waals surface area (Å²) in [6.07, 6.45) is 2.84. The van der Waals surface area contributed by atoms with Crippen LogP contribution in [0, 0.1) is 0 Å². The molecule has 0 saturated carbocycles. The van der Waals surface area contributed by atoms with Crippen molar-refractivity contribution in [3.05, 3.63) is 16.6 Å². The molecular formula is C9H17N3O2S2. The van der Waals surface area contributed by atoms with Crippen LogP contribution in [0.4, 0.5) is 0 Å². The standard InChI is InChI=1S/C9H17N3O2S2/c1-2-8(9-11-5-6-15-9)12-16(13,14)7-3-4-10/h5-6,8,12H,2-4,7,10H2,1H3. The zero-order valence-electron chi connectivity index (χ0n) is 9.22. The van der Waals surface area contributed by atoms with E-state index < -0.39 is 10.0 Å². The lowest BCUT2D eigenvalue weighted by Gasteiger charge is -2.14. The first-order chi connectivity index (χ1) is 7.59. The van der Waals surface area contributed by atoms with Crippen molar-refractivity contribution >= 4 is 21.4 Å². The molecule has 5 nitrogen and oxygen atoms in total. The quantitative estimate of drug-likeness (QED) is 0.764. The maximum atomic E-state index is 11.7. The maximum Gasteiger partial charge on any atom is 0.212 e. The Morgan fingerprint density at radius 1 is 1.62 bits per heavy atom. The van der Waals surface area contributed by atoms with Gasteiger partial charge in [0.15, 0.2) is 0 Å². The molecule has 7 heteroatoms. The second-order valence-electron chi connectivity index (χ2n) is 3.41. The van der Waals surface area contributed by atoms with Gasteiger partial charge in [-0.05, 0) is 19.4 Å². The Morgan fingerprint density at radius 2 is 2.38 bits per heavy atom. The highest BCUT2D eigenvalue weighted by molar-refractivity contribution is 7.89. The number of nitrogens with one attached hydrogen (secondary N) is 1. The van der Waals surface area contributed by atoms with Crippen LogP contribution in [0.1, 0.15) is 30.8 Å². The minimum atomic E-state index is -3.24. The molecular weight excluding hydrogens is 246 g/mol. The zero-order valence-corrected chi connectivity index (χ0v) is 10.9. The number of hydrogen-bond acceptors (Lipinski definition) is 5. The van der Waals surface area contributed by atoms with E-state index in [2.05, 4.69) is 9.71 Å². The van der Waals surface area contributed by atoms with Crippen LogP contribution in [0.15, 0.2) is 11.6 Å². The van der Waals surface area contributed by atoms with Crippen molar-refractivity contribution in [2.24, 2.45) is 5.73 Å². The van der Waals surface area contributed by atoms with Gasteiger partial charge in [-0.3, -0.25) is 0 Å². The smallest absolute Gasteiger partial charge is 0.212 e. The third-order valence-corrected chi connectivity index (χ3v) is 4.46. The predicted octanol–water partition coefficient (Wildman–Crippen LogP) is 0.862. The first-order valence-electron chi connectivity index (χ1n) is 5.18. The first kappa shape index (κ1) is 13.6. The molecule has 0 fully saturated rings. The van der Waals surface area contributed by atoms with Crippen LogP contribution in [-0.4, -0.2) is 25.7 Å². The molecule has 1 unspecified atom stereocenters. The van der Waals surface area contributed by atoms with Crippen LogP contribution in [0.5, 0.6) is 0 Å². The van der Waals surface area contributed by atoms with Gasteiger partial charge in [0, 0.05) is 11.6 Å². The minimum absolute atomic E-state index is 0.0748. The van der Waals surface area contributed by atoms with Gasteiger partial charge >= 0.3 is 0 Å². The molecule has 0 bridgehead atoms. The number of thiazole rings is 1. The van der Waals surface area contributed by atoms with Crippen molar-refractivity contribution < 1.29 is 8.42 Å². The molecule has 0 aromatic carbocycles. The molecule has 0 aliphatic heterocycles. The van der Waals surface area contributed by atoms with Gasteiger partial charge in [-0.25, -0.2) is 18.1 Å². The van der Waals surface area contributed by atoms with E-state index in [4.69, 9.17) is 5.73 Å². The van der Waals surface area contributed by atoms with Crippen molar-refractivity contribution in [1.82, 2.24) is 9.71 Å². The number of sulfonamides is 1. The van der Waals surface area contributed by atoms with Crippen molar-refractivity contribution in [1.29, 1.82) is 0 Å². The lowest BCUT2D eigenvalue weighted by molar-refractivity contribution is 0.547. The summed E-state index contributed by atoms with van der Waals surface area (Å²) in [4.78, 5) is 4.12. The van der Waals surface area contributed by atoms with Crippen molar-refractivity contribution in [3.63, 3.8) is 0 Å². The summed E-state index contributed by atoms with van der Waals surface area (Å²) < 4.78 is 26.0. The maximum absolute atomic E-state index is 11.7. The molecule has 1 rings (SSSR count). The highest BCUT2D eigenvalue weighted by atomic mass is 32.2. The molecule has 92 valence electrons. The summed E-state index contributed by atoms with van der Waals surface area (Å²) in [5.41, 5.74) is 5.29. The topological polar surface area (TPSA) is 85.1 Å². The Kier molecular flexibility index (Phi) is 5.33. The molecule has 0 spiro atoms. The van der Waals surface area contributed by atoms with E-state index in [9.17, 15) is 8.42 Å². The summed E-state index contributed by atoms with van der Waals surface area (Å²) in [7, 11) is -3.24. The number of rotatable bonds is 7. The largest absolute Gasteiger partial charge is 0.330 e. The molecule has 0 saturated heterocycles. The first-order valence-corrected chi connectivity index (χ1v) is 7.71. The van der Waals surface area contributed by atoms with E-state index in [0.717, 1.165) is 5.01 Å². The van der Waals surface area contributed by atoms with Crippen LogP contribution in [-0.2, 0) is 10.0 Å². The fourth-order valence-corrected chi connectivity index (χ4v) is 3.49. The second kappa shape index (κ2) is 6.29. The second-order valence-corrected chi connectivity index (χ2v) is 6.21. The van der Waals surface area contributed by atoms with Crippen molar-refractivity contribution in [2.45, 2.75) is 25.8 Å². The number of hydrogen-bond donors (Lipinski definition) is 2. The van der Waals surface area contributed by atoms with Gasteiger partial charge in [-0.2, -0.15) is 0 Å². The molecule has 1 heterocycles. The van der Waals surface area contributed by atoms with Gasteiger partial charge in [0.1, 0.15) is 5.01 Å². The van der Waals surface area contributed by atoms with Crippen molar-refractivity contribution in [3.8, 4) is 0 Å². The SMILES string of the molecule is CCC(NS(=O)(=O)CCCN)c1nccs1. The van der Waals surface area contributed by atoms with E-state index in [1.54, 1.807) is 6.20 Å². The summed E-state index contributed by atoms with van der Waals surface area (Å²) in [6.45, 7) is 2.31. The average Bonchev–Trinajstić information content (AvgIpc) is 2.76. The molecule has 1 aromatic rings. The van der Waals surface area contributed by atoms with Crippen LogP contribution < -0.4 is 10.5 Å². The number of nitrogens with zero attached hydrogens (tertiary/aromatic N) is 1. The van der Waals surface area contributed by atoms with E-state index in [-0.39, 0.29) is 11.8 Å².